The highest BCUT2D eigenvalue weighted by Crippen LogP contribution is 2.31. The van der Waals surface area contributed by atoms with E-state index < -0.39 is 6.10 Å². The quantitative estimate of drug-likeness (QED) is 0.895. The number of aliphatic hydroxyl groups is 1. The lowest BCUT2D eigenvalue weighted by Gasteiger charge is -2.40. The number of fused-ring (bicyclic) bond motifs is 1. The Morgan fingerprint density at radius 3 is 2.89 bits per heavy atom. The van der Waals surface area contributed by atoms with Crippen LogP contribution in [0.2, 0.25) is 0 Å². The average Bonchev–Trinajstić information content (AvgIpc) is 2.39. The maximum absolute atomic E-state index is 9.55. The van der Waals surface area contributed by atoms with Crippen molar-refractivity contribution in [2.45, 2.75) is 24.7 Å². The van der Waals surface area contributed by atoms with E-state index in [1.807, 2.05) is 30.3 Å². The summed E-state index contributed by atoms with van der Waals surface area (Å²) in [5, 5.41) is 10.6. The molecule has 94 valence electrons. The number of pyridine rings is 1. The molecule has 1 N–H and O–H groups in total. The summed E-state index contributed by atoms with van der Waals surface area (Å²) in [6.45, 7) is 0. The van der Waals surface area contributed by atoms with Crippen LogP contribution < -0.4 is 4.74 Å². The topological polar surface area (TPSA) is 51.6 Å². The molecule has 1 aliphatic rings. The molecule has 0 spiro atoms. The first-order valence-electron chi connectivity index (χ1n) is 6.01. The van der Waals surface area contributed by atoms with Crippen molar-refractivity contribution in [3.63, 3.8) is 0 Å². The molecule has 0 saturated heterocycles. The summed E-state index contributed by atoms with van der Waals surface area (Å²) in [6, 6.07) is 9.73. The lowest BCUT2D eigenvalue weighted by molar-refractivity contribution is -0.148. The van der Waals surface area contributed by atoms with Gasteiger partial charge < -0.3 is 14.6 Å². The second kappa shape index (κ2) is 4.55. The molecule has 1 heterocycles. The number of aromatic nitrogens is 1. The maximum Gasteiger partial charge on any atom is 0.146 e. The maximum atomic E-state index is 9.55. The van der Waals surface area contributed by atoms with Gasteiger partial charge in [-0.15, -0.1) is 0 Å². The molecule has 4 heteroatoms. The summed E-state index contributed by atoms with van der Waals surface area (Å²) in [4.78, 5) is 4.33. The first kappa shape index (κ1) is 11.4. The van der Waals surface area contributed by atoms with Gasteiger partial charge in [0.05, 0.1) is 6.10 Å². The van der Waals surface area contributed by atoms with Crippen LogP contribution in [0.25, 0.3) is 10.9 Å². The van der Waals surface area contributed by atoms with Crippen LogP contribution in [-0.2, 0) is 4.74 Å². The van der Waals surface area contributed by atoms with Crippen molar-refractivity contribution in [1.82, 2.24) is 4.98 Å². The molecular weight excluding hydrogens is 230 g/mol. The minimum atomic E-state index is -0.428. The van der Waals surface area contributed by atoms with E-state index in [1.165, 1.54) is 0 Å². The largest absolute Gasteiger partial charge is 0.485 e. The Labute approximate surface area is 105 Å². The third-order valence-electron chi connectivity index (χ3n) is 3.37. The summed E-state index contributed by atoms with van der Waals surface area (Å²) in [5.41, 5.74) is 0.844. The first-order valence-corrected chi connectivity index (χ1v) is 6.01. The van der Waals surface area contributed by atoms with Crippen LogP contribution in [0.5, 0.6) is 5.75 Å². The third-order valence-corrected chi connectivity index (χ3v) is 3.37. The Balaban J connectivity index is 1.87. The number of rotatable bonds is 3. The molecule has 0 bridgehead atoms. The Hall–Kier alpha value is -1.65. The number of aliphatic hydroxyl groups excluding tert-OH is 1. The molecule has 0 amide bonds. The van der Waals surface area contributed by atoms with Gasteiger partial charge in [-0.1, -0.05) is 18.2 Å². The van der Waals surface area contributed by atoms with E-state index in [0.29, 0.717) is 6.42 Å². The Kier molecular flexibility index (Phi) is 2.89. The van der Waals surface area contributed by atoms with E-state index in [9.17, 15) is 5.11 Å². The summed E-state index contributed by atoms with van der Waals surface area (Å²) in [7, 11) is 1.59. The first-order chi connectivity index (χ1) is 8.79. The van der Waals surface area contributed by atoms with Gasteiger partial charge in [0.2, 0.25) is 0 Å². The van der Waals surface area contributed by atoms with E-state index in [-0.39, 0.29) is 12.2 Å². The summed E-state index contributed by atoms with van der Waals surface area (Å²) < 4.78 is 11.1. The molecule has 0 aliphatic heterocycles. The van der Waals surface area contributed by atoms with Gasteiger partial charge in [-0.25, -0.2) is 0 Å². The van der Waals surface area contributed by atoms with Crippen LogP contribution >= 0.6 is 0 Å². The van der Waals surface area contributed by atoms with Crippen molar-refractivity contribution in [2.24, 2.45) is 0 Å². The van der Waals surface area contributed by atoms with Gasteiger partial charge in [0.15, 0.2) is 0 Å². The number of hydrogen-bond acceptors (Lipinski definition) is 4. The Morgan fingerprint density at radius 2 is 2.11 bits per heavy atom. The molecular formula is C14H15NO3. The predicted molar refractivity (Wildman–Crippen MR) is 67.6 cm³/mol. The van der Waals surface area contributed by atoms with Gasteiger partial charge in [-0.2, -0.15) is 0 Å². The van der Waals surface area contributed by atoms with Gasteiger partial charge in [0.25, 0.3) is 0 Å². The third kappa shape index (κ3) is 1.83. The van der Waals surface area contributed by atoms with Crippen LogP contribution in [0, 0.1) is 0 Å². The molecule has 1 aliphatic carbocycles. The zero-order chi connectivity index (χ0) is 12.5. The van der Waals surface area contributed by atoms with E-state index in [1.54, 1.807) is 13.3 Å². The van der Waals surface area contributed by atoms with Gasteiger partial charge >= 0.3 is 0 Å². The smallest absolute Gasteiger partial charge is 0.146 e. The average molecular weight is 245 g/mol. The van der Waals surface area contributed by atoms with Gasteiger partial charge in [-0.05, 0) is 12.1 Å². The van der Waals surface area contributed by atoms with Crippen molar-refractivity contribution in [1.29, 1.82) is 0 Å². The van der Waals surface area contributed by atoms with Crippen LogP contribution in [-0.4, -0.2) is 35.5 Å². The number of para-hydroxylation sites is 1. The highest BCUT2D eigenvalue weighted by molar-refractivity contribution is 5.84. The fraction of sp³-hybridized carbons (Fsp3) is 0.357. The van der Waals surface area contributed by atoms with Crippen LogP contribution in [0.15, 0.2) is 36.5 Å². The van der Waals surface area contributed by atoms with E-state index in [4.69, 9.17) is 9.47 Å². The summed E-state index contributed by atoms with van der Waals surface area (Å²) in [6.07, 6.45) is 1.57. The van der Waals surface area contributed by atoms with Crippen molar-refractivity contribution >= 4 is 10.9 Å². The van der Waals surface area contributed by atoms with Gasteiger partial charge in [0.1, 0.15) is 23.5 Å². The van der Waals surface area contributed by atoms with Crippen LogP contribution in [0.1, 0.15) is 6.42 Å². The number of methoxy groups -OCH3 is 1. The molecule has 1 fully saturated rings. The highest BCUT2D eigenvalue weighted by Gasteiger charge is 2.42. The summed E-state index contributed by atoms with van der Waals surface area (Å²) in [5.74, 6) is 0.743. The number of ether oxygens (including phenoxy) is 2. The lowest BCUT2D eigenvalue weighted by atomic mass is 9.88. The number of benzene rings is 1. The fourth-order valence-corrected chi connectivity index (χ4v) is 2.32. The zero-order valence-electron chi connectivity index (χ0n) is 10.1. The molecule has 2 aromatic rings. The van der Waals surface area contributed by atoms with Crippen molar-refractivity contribution < 1.29 is 14.6 Å². The van der Waals surface area contributed by atoms with Crippen LogP contribution in [0.4, 0.5) is 0 Å². The second-order valence-corrected chi connectivity index (χ2v) is 4.49. The van der Waals surface area contributed by atoms with Gasteiger partial charge in [-0.3, -0.25) is 4.98 Å². The molecule has 1 aromatic carbocycles. The van der Waals surface area contributed by atoms with Crippen LogP contribution in [0.3, 0.4) is 0 Å². The molecule has 1 aromatic heterocycles. The van der Waals surface area contributed by atoms with Crippen molar-refractivity contribution in [3.05, 3.63) is 36.5 Å². The van der Waals surface area contributed by atoms with E-state index in [0.717, 1.165) is 16.7 Å². The molecule has 3 atom stereocenters. The highest BCUT2D eigenvalue weighted by atomic mass is 16.6. The Bertz CT molecular complexity index is 552. The SMILES string of the molecule is COC1C(O)CC1Oc1cccc2cccnc12. The fourth-order valence-electron chi connectivity index (χ4n) is 2.32. The monoisotopic (exact) mass is 245 g/mol. The predicted octanol–water partition coefficient (Wildman–Crippen LogP) is 1.76. The number of hydrogen-bond donors (Lipinski definition) is 1. The minimum absolute atomic E-state index is 0.0994. The minimum Gasteiger partial charge on any atom is -0.485 e. The summed E-state index contributed by atoms with van der Waals surface area (Å²) >= 11 is 0. The molecule has 18 heavy (non-hydrogen) atoms. The zero-order valence-corrected chi connectivity index (χ0v) is 10.1. The lowest BCUT2D eigenvalue weighted by Crippen LogP contribution is -2.54. The second-order valence-electron chi connectivity index (χ2n) is 4.49. The molecule has 0 radical (unpaired) electrons. The molecule has 3 unspecified atom stereocenters. The number of nitrogens with zero attached hydrogens (tertiary/aromatic N) is 1. The molecule has 3 rings (SSSR count). The Morgan fingerprint density at radius 1 is 1.28 bits per heavy atom. The molecule has 4 nitrogen and oxygen atoms in total. The van der Waals surface area contributed by atoms with Crippen molar-refractivity contribution in [3.8, 4) is 5.75 Å². The van der Waals surface area contributed by atoms with Gasteiger partial charge in [0, 0.05) is 25.1 Å². The van der Waals surface area contributed by atoms with E-state index >= 15 is 0 Å². The van der Waals surface area contributed by atoms with Crippen molar-refractivity contribution in [2.75, 3.05) is 7.11 Å². The standard InChI is InChI=1S/C14H15NO3/c1-17-14-10(16)8-12(14)18-11-6-2-4-9-5-3-7-15-13(9)11/h2-7,10,12,14,16H,8H2,1H3. The normalized spacial score (nSPS) is 26.9. The van der Waals surface area contributed by atoms with E-state index in [2.05, 4.69) is 4.98 Å². The molecule has 1 saturated carbocycles.